The van der Waals surface area contributed by atoms with Crippen LogP contribution in [0.3, 0.4) is 0 Å². The van der Waals surface area contributed by atoms with E-state index in [4.69, 9.17) is 11.6 Å². The molecule has 0 spiro atoms. The fraction of sp³-hybridized carbons (Fsp3) is 0.100. The largest absolute Gasteiger partial charge is 0.327 e. The molecule has 0 N–H and O–H groups in total. The van der Waals surface area contributed by atoms with Gasteiger partial charge in [-0.3, -0.25) is 0 Å². The molecule has 2 nitrogen and oxygen atoms in total. The highest BCUT2D eigenvalue weighted by atomic mass is 35.5. The van der Waals surface area contributed by atoms with Crippen LogP contribution in [0.15, 0.2) is 37.2 Å². The Kier molecular flexibility index (Phi) is 2.07. The summed E-state index contributed by atoms with van der Waals surface area (Å²) in [4.78, 5) is 4.23. The fourth-order valence-electron chi connectivity index (χ4n) is 1.32. The molecule has 0 aliphatic carbocycles. The standard InChI is InChI=1S/C10H9ClN2/c1-2-5-13-7-12-9-6-8(11)3-4-10(9)13/h2-4,6-7H,1,5H2. The molecule has 0 amide bonds. The lowest BCUT2D eigenvalue weighted by molar-refractivity contribution is 0.851. The Morgan fingerprint density at radius 1 is 1.54 bits per heavy atom. The van der Waals surface area contributed by atoms with Crippen molar-refractivity contribution in [1.82, 2.24) is 9.55 Å². The minimum absolute atomic E-state index is 0.719. The molecule has 0 aliphatic heterocycles. The molecular formula is C10H9ClN2. The molecule has 0 unspecified atom stereocenters. The summed E-state index contributed by atoms with van der Waals surface area (Å²) in [5.41, 5.74) is 2.01. The van der Waals surface area contributed by atoms with E-state index < -0.39 is 0 Å². The molecule has 2 rings (SSSR count). The molecule has 0 bridgehead atoms. The SMILES string of the molecule is C=CCn1cnc2cc(Cl)ccc21. The number of benzene rings is 1. The van der Waals surface area contributed by atoms with E-state index in [1.165, 1.54) is 0 Å². The zero-order valence-electron chi connectivity index (χ0n) is 7.07. The van der Waals surface area contributed by atoms with Gasteiger partial charge in [0.05, 0.1) is 17.4 Å². The van der Waals surface area contributed by atoms with Crippen molar-refractivity contribution in [2.75, 3.05) is 0 Å². The van der Waals surface area contributed by atoms with Gasteiger partial charge in [0.15, 0.2) is 0 Å². The Morgan fingerprint density at radius 3 is 3.15 bits per heavy atom. The summed E-state index contributed by atoms with van der Waals surface area (Å²) in [5.74, 6) is 0. The van der Waals surface area contributed by atoms with Crippen LogP contribution >= 0.6 is 11.6 Å². The summed E-state index contributed by atoms with van der Waals surface area (Å²) in [7, 11) is 0. The fourth-order valence-corrected chi connectivity index (χ4v) is 1.49. The van der Waals surface area contributed by atoms with Crippen LogP contribution in [0.1, 0.15) is 0 Å². The number of allylic oxidation sites excluding steroid dienone is 1. The van der Waals surface area contributed by atoms with Gasteiger partial charge in [-0.1, -0.05) is 17.7 Å². The molecule has 2 aromatic rings. The zero-order valence-corrected chi connectivity index (χ0v) is 7.83. The van der Waals surface area contributed by atoms with E-state index in [-0.39, 0.29) is 0 Å². The molecule has 0 atom stereocenters. The van der Waals surface area contributed by atoms with Gasteiger partial charge in [-0.2, -0.15) is 0 Å². The monoisotopic (exact) mass is 192 g/mol. The summed E-state index contributed by atoms with van der Waals surface area (Å²) in [6, 6.07) is 5.69. The summed E-state index contributed by atoms with van der Waals surface area (Å²) >= 11 is 5.84. The molecule has 0 fully saturated rings. The molecule has 1 aromatic heterocycles. The Labute approximate surface area is 81.5 Å². The van der Waals surface area contributed by atoms with Gasteiger partial charge in [0.1, 0.15) is 0 Å². The van der Waals surface area contributed by atoms with Gasteiger partial charge in [0.2, 0.25) is 0 Å². The first-order valence-corrected chi connectivity index (χ1v) is 4.40. The van der Waals surface area contributed by atoms with Gasteiger partial charge in [-0.15, -0.1) is 6.58 Å². The normalized spacial score (nSPS) is 10.5. The lowest BCUT2D eigenvalue weighted by atomic mass is 10.3. The first-order valence-electron chi connectivity index (χ1n) is 4.02. The third kappa shape index (κ3) is 1.45. The number of hydrogen-bond acceptors (Lipinski definition) is 1. The van der Waals surface area contributed by atoms with Crippen molar-refractivity contribution in [3.8, 4) is 0 Å². The molecule has 0 radical (unpaired) electrons. The molecule has 3 heteroatoms. The maximum atomic E-state index is 5.84. The molecule has 1 aromatic carbocycles. The van der Waals surface area contributed by atoms with Gasteiger partial charge < -0.3 is 4.57 Å². The van der Waals surface area contributed by atoms with Gasteiger partial charge in [0.25, 0.3) is 0 Å². The second-order valence-electron chi connectivity index (χ2n) is 2.82. The van der Waals surface area contributed by atoms with Crippen LogP contribution < -0.4 is 0 Å². The molecule has 1 heterocycles. The predicted molar refractivity (Wildman–Crippen MR) is 54.9 cm³/mol. The number of nitrogens with zero attached hydrogens (tertiary/aromatic N) is 2. The van der Waals surface area contributed by atoms with Crippen LogP contribution in [0.25, 0.3) is 11.0 Å². The Balaban J connectivity index is 2.61. The molecule has 0 aliphatic rings. The third-order valence-electron chi connectivity index (χ3n) is 1.91. The molecule has 66 valence electrons. The van der Waals surface area contributed by atoms with Crippen molar-refractivity contribution < 1.29 is 0 Å². The minimum Gasteiger partial charge on any atom is -0.327 e. The summed E-state index contributed by atoms with van der Waals surface area (Å²) in [6.45, 7) is 4.46. The lowest BCUT2D eigenvalue weighted by Crippen LogP contribution is -1.91. The van der Waals surface area contributed by atoms with E-state index >= 15 is 0 Å². The van der Waals surface area contributed by atoms with E-state index in [9.17, 15) is 0 Å². The number of halogens is 1. The van der Waals surface area contributed by atoms with Gasteiger partial charge >= 0.3 is 0 Å². The highest BCUT2D eigenvalue weighted by Gasteiger charge is 2.00. The maximum absolute atomic E-state index is 5.84. The Morgan fingerprint density at radius 2 is 2.38 bits per heavy atom. The van der Waals surface area contributed by atoms with Crippen LogP contribution in [-0.2, 0) is 6.54 Å². The highest BCUT2D eigenvalue weighted by molar-refractivity contribution is 6.31. The quantitative estimate of drug-likeness (QED) is 0.669. The predicted octanol–water partition coefficient (Wildman–Crippen LogP) is 2.88. The van der Waals surface area contributed by atoms with Crippen LogP contribution in [-0.4, -0.2) is 9.55 Å². The lowest BCUT2D eigenvalue weighted by Gasteiger charge is -1.98. The van der Waals surface area contributed by atoms with E-state index in [1.807, 2.05) is 28.8 Å². The molecule has 0 saturated carbocycles. The average molecular weight is 193 g/mol. The number of rotatable bonds is 2. The van der Waals surface area contributed by atoms with E-state index in [2.05, 4.69) is 11.6 Å². The molecule has 13 heavy (non-hydrogen) atoms. The molecular weight excluding hydrogens is 184 g/mol. The van der Waals surface area contributed by atoms with Crippen molar-refractivity contribution in [1.29, 1.82) is 0 Å². The first-order chi connectivity index (χ1) is 6.31. The van der Waals surface area contributed by atoms with Gasteiger partial charge in [-0.25, -0.2) is 4.98 Å². The maximum Gasteiger partial charge on any atom is 0.0961 e. The Bertz CT molecular complexity index is 445. The number of aromatic nitrogens is 2. The van der Waals surface area contributed by atoms with Crippen molar-refractivity contribution in [3.63, 3.8) is 0 Å². The first kappa shape index (κ1) is 8.32. The molecule has 0 saturated heterocycles. The second kappa shape index (κ2) is 3.23. The van der Waals surface area contributed by atoms with Crippen LogP contribution in [0, 0.1) is 0 Å². The van der Waals surface area contributed by atoms with Crippen molar-refractivity contribution in [3.05, 3.63) is 42.2 Å². The van der Waals surface area contributed by atoms with Crippen molar-refractivity contribution in [2.45, 2.75) is 6.54 Å². The third-order valence-corrected chi connectivity index (χ3v) is 2.14. The van der Waals surface area contributed by atoms with E-state index in [0.717, 1.165) is 22.6 Å². The van der Waals surface area contributed by atoms with Crippen LogP contribution in [0.5, 0.6) is 0 Å². The number of hydrogen-bond donors (Lipinski definition) is 0. The minimum atomic E-state index is 0.719. The number of imidazole rings is 1. The summed E-state index contributed by atoms with van der Waals surface area (Å²) in [5, 5.41) is 0.719. The Hall–Kier alpha value is -1.28. The smallest absolute Gasteiger partial charge is 0.0961 e. The highest BCUT2D eigenvalue weighted by Crippen LogP contribution is 2.17. The zero-order chi connectivity index (χ0) is 9.26. The van der Waals surface area contributed by atoms with Crippen LogP contribution in [0.2, 0.25) is 5.02 Å². The second-order valence-corrected chi connectivity index (χ2v) is 3.26. The van der Waals surface area contributed by atoms with E-state index in [0.29, 0.717) is 0 Å². The van der Waals surface area contributed by atoms with Crippen molar-refractivity contribution in [2.24, 2.45) is 0 Å². The van der Waals surface area contributed by atoms with Gasteiger partial charge in [-0.05, 0) is 18.2 Å². The number of fused-ring (bicyclic) bond motifs is 1. The van der Waals surface area contributed by atoms with Gasteiger partial charge in [0, 0.05) is 11.6 Å². The van der Waals surface area contributed by atoms with Crippen LogP contribution in [0.4, 0.5) is 0 Å². The van der Waals surface area contributed by atoms with Crippen molar-refractivity contribution >= 4 is 22.6 Å². The average Bonchev–Trinajstić information content (AvgIpc) is 2.49. The summed E-state index contributed by atoms with van der Waals surface area (Å²) in [6.07, 6.45) is 3.64. The van der Waals surface area contributed by atoms with E-state index in [1.54, 1.807) is 6.33 Å². The topological polar surface area (TPSA) is 17.8 Å². The summed E-state index contributed by atoms with van der Waals surface area (Å²) < 4.78 is 2.03.